The monoisotopic (exact) mass is 364 g/mol. The topological polar surface area (TPSA) is 77.1 Å². The summed E-state index contributed by atoms with van der Waals surface area (Å²) in [6.07, 6.45) is 1.49. The lowest BCUT2D eigenvalue weighted by molar-refractivity contribution is -0.137. The Morgan fingerprint density at radius 1 is 1.15 bits per heavy atom. The van der Waals surface area contributed by atoms with Gasteiger partial charge in [0.2, 0.25) is 5.91 Å². The van der Waals surface area contributed by atoms with Crippen molar-refractivity contribution in [2.75, 3.05) is 46.6 Å². The van der Waals surface area contributed by atoms with Crippen LogP contribution in [0.4, 0.5) is 0 Å². The Hall–Kier alpha value is -2.12. The molecule has 26 heavy (non-hydrogen) atoms. The molecule has 1 fully saturated rings. The van der Waals surface area contributed by atoms with E-state index in [1.165, 1.54) is 0 Å². The molecule has 7 heteroatoms. The van der Waals surface area contributed by atoms with Crippen molar-refractivity contribution in [2.24, 2.45) is 0 Å². The number of rotatable bonds is 9. The molecule has 1 aliphatic rings. The Labute approximate surface area is 154 Å². The summed E-state index contributed by atoms with van der Waals surface area (Å²) in [6.45, 7) is 4.74. The number of methoxy groups -OCH3 is 1. The molecule has 1 aromatic carbocycles. The van der Waals surface area contributed by atoms with Crippen LogP contribution in [0, 0.1) is 0 Å². The number of benzene rings is 1. The van der Waals surface area contributed by atoms with Crippen LogP contribution in [0.2, 0.25) is 0 Å². The van der Waals surface area contributed by atoms with E-state index in [-0.39, 0.29) is 24.5 Å². The second-order valence-corrected chi connectivity index (χ2v) is 6.13. The molecule has 0 saturated carbocycles. The van der Waals surface area contributed by atoms with Gasteiger partial charge in [-0.1, -0.05) is 0 Å². The van der Waals surface area contributed by atoms with Crippen molar-refractivity contribution >= 4 is 11.8 Å². The van der Waals surface area contributed by atoms with E-state index in [0.29, 0.717) is 38.5 Å². The minimum Gasteiger partial charge on any atom is -0.494 e. The Balaban J connectivity index is 1.72. The maximum absolute atomic E-state index is 12.3. The van der Waals surface area contributed by atoms with Crippen LogP contribution in [-0.2, 0) is 14.3 Å². The first-order chi connectivity index (χ1) is 12.6. The molecule has 0 spiro atoms. The smallest absolute Gasteiger partial charge is 0.251 e. The average molecular weight is 364 g/mol. The lowest BCUT2D eigenvalue weighted by Gasteiger charge is -2.32. The average Bonchev–Trinajstić information content (AvgIpc) is 2.66. The van der Waals surface area contributed by atoms with Crippen molar-refractivity contribution in [1.82, 2.24) is 10.2 Å². The molecule has 1 heterocycles. The third-order valence-electron chi connectivity index (χ3n) is 4.27. The van der Waals surface area contributed by atoms with Crippen molar-refractivity contribution in [3.05, 3.63) is 29.8 Å². The van der Waals surface area contributed by atoms with Crippen molar-refractivity contribution in [1.29, 1.82) is 0 Å². The van der Waals surface area contributed by atoms with E-state index in [9.17, 15) is 9.59 Å². The van der Waals surface area contributed by atoms with Crippen molar-refractivity contribution in [3.63, 3.8) is 0 Å². The van der Waals surface area contributed by atoms with E-state index in [0.717, 1.165) is 18.6 Å². The normalized spacial score (nSPS) is 14.9. The van der Waals surface area contributed by atoms with Gasteiger partial charge in [0.15, 0.2) is 0 Å². The predicted octanol–water partition coefficient (Wildman–Crippen LogP) is 1.47. The Bertz CT molecular complexity index is 568. The molecular weight excluding hydrogens is 336 g/mol. The van der Waals surface area contributed by atoms with Crippen molar-refractivity contribution < 1.29 is 23.8 Å². The predicted molar refractivity (Wildman–Crippen MR) is 97.4 cm³/mol. The first kappa shape index (κ1) is 20.2. The fourth-order valence-electron chi connectivity index (χ4n) is 2.80. The number of carbonyl (C=O) groups excluding carboxylic acids is 2. The molecule has 0 aliphatic carbocycles. The number of hydrogen-bond donors (Lipinski definition) is 1. The molecule has 7 nitrogen and oxygen atoms in total. The summed E-state index contributed by atoms with van der Waals surface area (Å²) in [5.41, 5.74) is 0.610. The molecule has 1 aromatic rings. The van der Waals surface area contributed by atoms with Crippen LogP contribution < -0.4 is 10.1 Å². The minimum absolute atomic E-state index is 0.0163. The van der Waals surface area contributed by atoms with E-state index in [4.69, 9.17) is 14.2 Å². The van der Waals surface area contributed by atoms with Gasteiger partial charge in [0.25, 0.3) is 5.91 Å². The maximum atomic E-state index is 12.3. The van der Waals surface area contributed by atoms with E-state index in [1.54, 1.807) is 36.3 Å². The van der Waals surface area contributed by atoms with Crippen LogP contribution in [0.5, 0.6) is 5.75 Å². The zero-order valence-electron chi connectivity index (χ0n) is 15.5. The highest BCUT2D eigenvalue weighted by atomic mass is 16.5. The van der Waals surface area contributed by atoms with Gasteiger partial charge < -0.3 is 24.4 Å². The lowest BCUT2D eigenvalue weighted by atomic mass is 10.0. The van der Waals surface area contributed by atoms with Gasteiger partial charge in [0.1, 0.15) is 12.4 Å². The highest BCUT2D eigenvalue weighted by Crippen LogP contribution is 2.14. The molecule has 0 aromatic heterocycles. The molecule has 0 radical (unpaired) electrons. The van der Waals surface area contributed by atoms with Gasteiger partial charge in [-0.15, -0.1) is 0 Å². The highest BCUT2D eigenvalue weighted by molar-refractivity contribution is 5.94. The van der Waals surface area contributed by atoms with E-state index in [1.807, 2.05) is 6.92 Å². The molecule has 1 N–H and O–H groups in total. The summed E-state index contributed by atoms with van der Waals surface area (Å²) in [4.78, 5) is 26.2. The largest absolute Gasteiger partial charge is 0.494 e. The van der Waals surface area contributed by atoms with E-state index in [2.05, 4.69) is 5.32 Å². The summed E-state index contributed by atoms with van der Waals surface area (Å²) in [5, 5.41) is 3.04. The summed E-state index contributed by atoms with van der Waals surface area (Å²) in [5.74, 6) is 0.640. The Morgan fingerprint density at radius 3 is 2.46 bits per heavy atom. The lowest BCUT2D eigenvalue weighted by Crippen LogP contribution is -2.47. The summed E-state index contributed by atoms with van der Waals surface area (Å²) in [6, 6.07) is 7.19. The van der Waals surface area contributed by atoms with Gasteiger partial charge in [-0.25, -0.2) is 0 Å². The van der Waals surface area contributed by atoms with Gasteiger partial charge in [0, 0.05) is 31.8 Å². The maximum Gasteiger partial charge on any atom is 0.251 e. The molecule has 2 rings (SSSR count). The SMILES string of the molecule is CCOc1ccc(C(=O)NC2CCN(C(=O)COCCOC)CC2)cc1. The summed E-state index contributed by atoms with van der Waals surface area (Å²) >= 11 is 0. The van der Waals surface area contributed by atoms with E-state index >= 15 is 0 Å². The molecular formula is C19H28N2O5. The first-order valence-electron chi connectivity index (χ1n) is 9.02. The Kier molecular flexibility index (Phi) is 8.37. The van der Waals surface area contributed by atoms with Crippen LogP contribution in [0.25, 0.3) is 0 Å². The van der Waals surface area contributed by atoms with Crippen LogP contribution >= 0.6 is 0 Å². The molecule has 0 atom stereocenters. The zero-order valence-corrected chi connectivity index (χ0v) is 15.5. The Morgan fingerprint density at radius 2 is 1.85 bits per heavy atom. The van der Waals surface area contributed by atoms with Gasteiger partial charge in [-0.3, -0.25) is 9.59 Å². The minimum atomic E-state index is -0.0966. The fourth-order valence-corrected chi connectivity index (χ4v) is 2.80. The third-order valence-corrected chi connectivity index (χ3v) is 4.27. The van der Waals surface area contributed by atoms with Crippen molar-refractivity contribution in [3.8, 4) is 5.75 Å². The van der Waals surface area contributed by atoms with Gasteiger partial charge >= 0.3 is 0 Å². The van der Waals surface area contributed by atoms with Gasteiger partial charge in [0.05, 0.1) is 19.8 Å². The molecule has 0 bridgehead atoms. The standard InChI is InChI=1S/C19H28N2O5/c1-3-26-17-6-4-15(5-7-17)19(23)20-16-8-10-21(11-9-16)18(22)14-25-13-12-24-2/h4-7,16H,3,8-14H2,1-2H3,(H,20,23). The quantitative estimate of drug-likeness (QED) is 0.672. The number of piperidine rings is 1. The van der Waals surface area contributed by atoms with Gasteiger partial charge in [-0.05, 0) is 44.0 Å². The van der Waals surface area contributed by atoms with Crippen LogP contribution in [0.1, 0.15) is 30.1 Å². The second-order valence-electron chi connectivity index (χ2n) is 6.13. The third kappa shape index (κ3) is 6.31. The molecule has 1 aliphatic heterocycles. The van der Waals surface area contributed by atoms with Crippen LogP contribution in [0.15, 0.2) is 24.3 Å². The summed E-state index contributed by atoms with van der Waals surface area (Å²) < 4.78 is 15.5. The molecule has 1 saturated heterocycles. The van der Waals surface area contributed by atoms with Crippen molar-refractivity contribution in [2.45, 2.75) is 25.8 Å². The van der Waals surface area contributed by atoms with Crippen LogP contribution in [-0.4, -0.2) is 69.4 Å². The zero-order chi connectivity index (χ0) is 18.8. The number of amides is 2. The second kappa shape index (κ2) is 10.8. The number of nitrogens with one attached hydrogen (secondary N) is 1. The number of likely N-dealkylation sites (tertiary alicyclic amines) is 1. The molecule has 2 amide bonds. The summed E-state index contributed by atoms with van der Waals surface area (Å²) in [7, 11) is 1.59. The number of nitrogens with zero attached hydrogens (tertiary/aromatic N) is 1. The number of carbonyl (C=O) groups is 2. The first-order valence-corrected chi connectivity index (χ1v) is 9.02. The number of ether oxygens (including phenoxy) is 3. The van der Waals surface area contributed by atoms with Crippen LogP contribution in [0.3, 0.4) is 0 Å². The molecule has 144 valence electrons. The number of hydrogen-bond acceptors (Lipinski definition) is 5. The van der Waals surface area contributed by atoms with Gasteiger partial charge in [-0.2, -0.15) is 0 Å². The fraction of sp³-hybridized carbons (Fsp3) is 0.579. The highest BCUT2D eigenvalue weighted by Gasteiger charge is 2.24. The van der Waals surface area contributed by atoms with E-state index < -0.39 is 0 Å². The molecule has 0 unspecified atom stereocenters.